The first kappa shape index (κ1) is 16.8. The van der Waals surface area contributed by atoms with Crippen LogP contribution in [-0.2, 0) is 16.1 Å². The number of nitrogens with zero attached hydrogens (tertiary/aromatic N) is 5. The summed E-state index contributed by atoms with van der Waals surface area (Å²) < 4.78 is 13.2. The molecule has 3 aromatic heterocycles. The third-order valence-corrected chi connectivity index (χ3v) is 4.27. The summed E-state index contributed by atoms with van der Waals surface area (Å²) in [5.41, 5.74) is 1.38. The minimum atomic E-state index is -1.05. The Morgan fingerprint density at radius 3 is 2.92 bits per heavy atom. The SMILES string of the molecule is OC[C@H]1O[C@@H](n2cnc3c(O)ncnc32)C(OCc2cccnc2)C1O. The van der Waals surface area contributed by atoms with Crippen LogP contribution in [0.2, 0.25) is 0 Å². The molecule has 1 aliphatic heterocycles. The zero-order chi connectivity index (χ0) is 18.1. The maximum Gasteiger partial charge on any atom is 0.242 e. The molecule has 3 N–H and O–H groups in total. The van der Waals surface area contributed by atoms with Gasteiger partial charge in [-0.2, -0.15) is 4.98 Å². The molecule has 26 heavy (non-hydrogen) atoms. The van der Waals surface area contributed by atoms with Crippen LogP contribution < -0.4 is 0 Å². The summed E-state index contributed by atoms with van der Waals surface area (Å²) in [6.45, 7) is -0.155. The lowest BCUT2D eigenvalue weighted by Gasteiger charge is -2.22. The first-order chi connectivity index (χ1) is 12.7. The van der Waals surface area contributed by atoms with Crippen molar-refractivity contribution in [2.75, 3.05) is 6.61 Å². The third kappa shape index (κ3) is 2.88. The lowest BCUT2D eigenvalue weighted by molar-refractivity contribution is -0.0761. The van der Waals surface area contributed by atoms with Crippen molar-refractivity contribution in [2.24, 2.45) is 0 Å². The molecule has 10 nitrogen and oxygen atoms in total. The van der Waals surface area contributed by atoms with Gasteiger partial charge in [0, 0.05) is 12.4 Å². The number of hydrogen-bond acceptors (Lipinski definition) is 9. The van der Waals surface area contributed by atoms with Gasteiger partial charge in [-0.05, 0) is 11.6 Å². The number of aromatic hydroxyl groups is 1. The maximum atomic E-state index is 10.5. The van der Waals surface area contributed by atoms with Crippen LogP contribution in [0.3, 0.4) is 0 Å². The van der Waals surface area contributed by atoms with Crippen LogP contribution in [0.15, 0.2) is 37.2 Å². The van der Waals surface area contributed by atoms with Gasteiger partial charge in [0.15, 0.2) is 17.4 Å². The van der Waals surface area contributed by atoms with Gasteiger partial charge in [0.25, 0.3) is 0 Å². The van der Waals surface area contributed by atoms with Crippen LogP contribution in [0.1, 0.15) is 11.8 Å². The Morgan fingerprint density at radius 2 is 2.15 bits per heavy atom. The van der Waals surface area contributed by atoms with Crippen molar-refractivity contribution in [3.05, 3.63) is 42.7 Å². The van der Waals surface area contributed by atoms with Gasteiger partial charge in [-0.3, -0.25) is 9.55 Å². The van der Waals surface area contributed by atoms with Crippen molar-refractivity contribution in [2.45, 2.75) is 31.1 Å². The summed E-state index contributed by atoms with van der Waals surface area (Å²) in [6.07, 6.45) is 2.54. The first-order valence-electron chi connectivity index (χ1n) is 8.00. The van der Waals surface area contributed by atoms with Gasteiger partial charge >= 0.3 is 0 Å². The van der Waals surface area contributed by atoms with Crippen molar-refractivity contribution < 1.29 is 24.8 Å². The quantitative estimate of drug-likeness (QED) is 0.564. The fraction of sp³-hybridized carbons (Fsp3) is 0.375. The van der Waals surface area contributed by atoms with Crippen molar-refractivity contribution >= 4 is 11.2 Å². The second-order valence-electron chi connectivity index (χ2n) is 5.90. The lowest BCUT2D eigenvalue weighted by Crippen LogP contribution is -2.35. The van der Waals surface area contributed by atoms with E-state index in [-0.39, 0.29) is 24.6 Å². The van der Waals surface area contributed by atoms with Crippen molar-refractivity contribution in [3.8, 4) is 5.88 Å². The topological polar surface area (TPSA) is 136 Å². The summed E-state index contributed by atoms with van der Waals surface area (Å²) in [7, 11) is 0. The zero-order valence-corrected chi connectivity index (χ0v) is 13.6. The van der Waals surface area contributed by atoms with E-state index in [4.69, 9.17) is 9.47 Å². The highest BCUT2D eigenvalue weighted by atomic mass is 16.6. The second kappa shape index (κ2) is 6.92. The Morgan fingerprint density at radius 1 is 1.27 bits per heavy atom. The molecule has 0 saturated carbocycles. The smallest absolute Gasteiger partial charge is 0.242 e. The van der Waals surface area contributed by atoms with E-state index in [2.05, 4.69) is 19.9 Å². The zero-order valence-electron chi connectivity index (χ0n) is 13.6. The molecule has 1 fully saturated rings. The van der Waals surface area contributed by atoms with Gasteiger partial charge in [0.2, 0.25) is 5.88 Å². The number of aliphatic hydroxyl groups is 2. The molecule has 4 atom stereocenters. The monoisotopic (exact) mass is 359 g/mol. The fourth-order valence-electron chi connectivity index (χ4n) is 2.97. The van der Waals surface area contributed by atoms with Gasteiger partial charge in [0.1, 0.15) is 24.6 Å². The normalized spacial score (nSPS) is 25.8. The maximum absolute atomic E-state index is 10.5. The van der Waals surface area contributed by atoms with Crippen molar-refractivity contribution in [1.82, 2.24) is 24.5 Å². The van der Waals surface area contributed by atoms with Crippen LogP contribution in [0.25, 0.3) is 11.2 Å². The number of rotatable bonds is 5. The molecule has 0 spiro atoms. The summed E-state index contributed by atoms with van der Waals surface area (Å²) in [5.74, 6) is -0.251. The van der Waals surface area contributed by atoms with E-state index in [0.29, 0.717) is 5.65 Å². The number of aliphatic hydroxyl groups excluding tert-OH is 2. The van der Waals surface area contributed by atoms with E-state index in [9.17, 15) is 15.3 Å². The molecular formula is C16H17N5O5. The molecule has 1 saturated heterocycles. The predicted molar refractivity (Wildman–Crippen MR) is 86.8 cm³/mol. The van der Waals surface area contributed by atoms with E-state index in [1.54, 1.807) is 23.0 Å². The number of pyridine rings is 1. The largest absolute Gasteiger partial charge is 0.492 e. The number of ether oxygens (including phenoxy) is 2. The average Bonchev–Trinajstić information content (AvgIpc) is 3.23. The van der Waals surface area contributed by atoms with Crippen molar-refractivity contribution in [3.63, 3.8) is 0 Å². The highest BCUT2D eigenvalue weighted by Crippen LogP contribution is 2.34. The van der Waals surface area contributed by atoms with Crippen LogP contribution in [0, 0.1) is 0 Å². The van der Waals surface area contributed by atoms with E-state index < -0.39 is 24.5 Å². The Kier molecular flexibility index (Phi) is 4.47. The van der Waals surface area contributed by atoms with Gasteiger partial charge in [-0.1, -0.05) is 6.07 Å². The molecule has 0 aromatic carbocycles. The summed E-state index contributed by atoms with van der Waals surface area (Å²) in [6, 6.07) is 3.64. The molecule has 3 aromatic rings. The Hall–Kier alpha value is -2.66. The molecule has 0 bridgehead atoms. The average molecular weight is 359 g/mol. The summed E-state index contributed by atoms with van der Waals surface area (Å²) >= 11 is 0. The number of hydrogen-bond donors (Lipinski definition) is 3. The highest BCUT2D eigenvalue weighted by Gasteiger charge is 2.46. The van der Waals surface area contributed by atoms with E-state index in [1.807, 2.05) is 6.07 Å². The molecule has 136 valence electrons. The lowest BCUT2D eigenvalue weighted by atomic mass is 10.1. The molecule has 0 radical (unpaired) electrons. The van der Waals surface area contributed by atoms with Crippen LogP contribution in [-0.4, -0.2) is 64.7 Å². The van der Waals surface area contributed by atoms with E-state index in [1.165, 1.54) is 12.7 Å². The Bertz CT molecular complexity index is 889. The summed E-state index contributed by atoms with van der Waals surface area (Å²) in [5, 5.41) is 29.8. The van der Waals surface area contributed by atoms with Crippen LogP contribution in [0.4, 0.5) is 0 Å². The van der Waals surface area contributed by atoms with Crippen LogP contribution >= 0.6 is 0 Å². The molecule has 10 heteroatoms. The molecular weight excluding hydrogens is 342 g/mol. The van der Waals surface area contributed by atoms with Gasteiger partial charge in [0.05, 0.1) is 19.5 Å². The van der Waals surface area contributed by atoms with Crippen LogP contribution in [0.5, 0.6) is 5.88 Å². The first-order valence-corrected chi connectivity index (χ1v) is 8.00. The Labute approximate surface area is 147 Å². The van der Waals surface area contributed by atoms with E-state index >= 15 is 0 Å². The highest BCUT2D eigenvalue weighted by molar-refractivity contribution is 5.75. The molecule has 0 aliphatic carbocycles. The van der Waals surface area contributed by atoms with Gasteiger partial charge < -0.3 is 24.8 Å². The van der Waals surface area contributed by atoms with Gasteiger partial charge in [-0.25, -0.2) is 9.97 Å². The second-order valence-corrected chi connectivity index (χ2v) is 5.90. The number of fused-ring (bicyclic) bond motifs is 1. The molecule has 4 heterocycles. The minimum absolute atomic E-state index is 0.209. The number of aromatic nitrogens is 5. The molecule has 4 rings (SSSR count). The van der Waals surface area contributed by atoms with Gasteiger partial charge in [-0.15, -0.1) is 0 Å². The Balaban J connectivity index is 1.64. The molecule has 1 aliphatic rings. The fourth-order valence-corrected chi connectivity index (χ4v) is 2.97. The van der Waals surface area contributed by atoms with Crippen molar-refractivity contribution in [1.29, 1.82) is 0 Å². The minimum Gasteiger partial charge on any atom is -0.492 e. The third-order valence-electron chi connectivity index (χ3n) is 4.27. The predicted octanol–water partition coefficient (Wildman–Crippen LogP) is -0.237. The molecule has 2 unspecified atom stereocenters. The number of imidazole rings is 1. The molecule has 0 amide bonds. The standard InChI is InChI=1S/C16H17N5O5/c22-5-10-12(23)13(25-6-9-2-1-3-17-4-9)16(26-10)21-8-20-11-14(21)18-7-19-15(11)24/h1-4,7-8,10,12-13,16,22-23H,5-6H2,(H,18,19,24)/t10-,12?,13?,16-/m1/s1. The summed E-state index contributed by atoms with van der Waals surface area (Å²) in [4.78, 5) is 15.9. The van der Waals surface area contributed by atoms with E-state index in [0.717, 1.165) is 5.56 Å².